The second-order valence-electron chi connectivity index (χ2n) is 3.34. The Kier molecular flexibility index (Phi) is 3.32. The lowest BCUT2D eigenvalue weighted by Gasteiger charge is -2.06. The molecule has 0 aliphatic heterocycles. The first-order chi connectivity index (χ1) is 8.53. The Hall–Kier alpha value is -1.91. The van der Waals surface area contributed by atoms with E-state index in [-0.39, 0.29) is 15.5 Å². The lowest BCUT2D eigenvalue weighted by atomic mass is 10.2. The molecule has 92 valence electrons. The lowest BCUT2D eigenvalue weighted by molar-refractivity contribution is 0.603. The van der Waals surface area contributed by atoms with E-state index >= 15 is 0 Å². The molecule has 1 aromatic heterocycles. The summed E-state index contributed by atoms with van der Waals surface area (Å²) in [5, 5.41) is 10.3. The molecule has 1 aromatic carbocycles. The van der Waals surface area contributed by atoms with Crippen molar-refractivity contribution >= 4 is 27.0 Å². The minimum absolute atomic E-state index is 0.154. The summed E-state index contributed by atoms with van der Waals surface area (Å²) in [6.07, 6.45) is 0. The smallest absolute Gasteiger partial charge is 0.271 e. The molecule has 0 amide bonds. The molecule has 0 saturated carbocycles. The Bertz CT molecular complexity index is 703. The highest BCUT2D eigenvalue weighted by molar-refractivity contribution is 7.94. The van der Waals surface area contributed by atoms with Crippen molar-refractivity contribution in [1.82, 2.24) is 0 Å². The number of thiophene rings is 1. The van der Waals surface area contributed by atoms with Crippen LogP contribution < -0.4 is 4.72 Å². The van der Waals surface area contributed by atoms with Gasteiger partial charge < -0.3 is 0 Å². The van der Waals surface area contributed by atoms with E-state index in [1.165, 1.54) is 12.1 Å². The highest BCUT2D eigenvalue weighted by Gasteiger charge is 2.15. The van der Waals surface area contributed by atoms with E-state index in [9.17, 15) is 12.8 Å². The Morgan fingerprint density at radius 3 is 2.72 bits per heavy atom. The predicted octanol–water partition coefficient (Wildman–Crippen LogP) is 2.56. The maximum Gasteiger partial charge on any atom is 0.271 e. The second-order valence-corrected chi connectivity index (χ2v) is 6.20. The maximum atomic E-state index is 13.1. The van der Waals surface area contributed by atoms with Gasteiger partial charge in [-0.3, -0.25) is 4.72 Å². The van der Waals surface area contributed by atoms with Crippen LogP contribution in [0.1, 0.15) is 5.56 Å². The normalized spacial score (nSPS) is 10.9. The van der Waals surface area contributed by atoms with Gasteiger partial charge in [-0.15, -0.1) is 11.3 Å². The number of nitriles is 1. The summed E-state index contributed by atoms with van der Waals surface area (Å²) < 4.78 is 39.3. The van der Waals surface area contributed by atoms with E-state index in [2.05, 4.69) is 4.72 Å². The molecule has 2 aromatic rings. The van der Waals surface area contributed by atoms with Crippen molar-refractivity contribution in [2.45, 2.75) is 4.21 Å². The van der Waals surface area contributed by atoms with Crippen LogP contribution >= 0.6 is 11.3 Å². The summed E-state index contributed by atoms with van der Waals surface area (Å²) in [6.45, 7) is 0. The average Bonchev–Trinajstić information content (AvgIpc) is 2.85. The van der Waals surface area contributed by atoms with Crippen LogP contribution in [0.15, 0.2) is 39.9 Å². The molecule has 0 radical (unpaired) electrons. The molecule has 0 aliphatic carbocycles. The van der Waals surface area contributed by atoms with Gasteiger partial charge in [-0.2, -0.15) is 5.26 Å². The zero-order valence-electron chi connectivity index (χ0n) is 8.92. The zero-order valence-corrected chi connectivity index (χ0v) is 10.6. The molecular formula is C11H7FN2O2S2. The maximum absolute atomic E-state index is 13.1. The summed E-state index contributed by atoms with van der Waals surface area (Å²) >= 11 is 1.07. The lowest BCUT2D eigenvalue weighted by Crippen LogP contribution is -2.11. The van der Waals surface area contributed by atoms with Crippen molar-refractivity contribution in [1.29, 1.82) is 5.26 Å². The Morgan fingerprint density at radius 1 is 1.33 bits per heavy atom. The van der Waals surface area contributed by atoms with Gasteiger partial charge in [-0.05, 0) is 29.6 Å². The number of nitrogens with zero attached hydrogens (tertiary/aromatic N) is 1. The summed E-state index contributed by atoms with van der Waals surface area (Å²) in [5.41, 5.74) is -0.0530. The van der Waals surface area contributed by atoms with Gasteiger partial charge in [-0.25, -0.2) is 12.8 Å². The fraction of sp³-hybridized carbons (Fsp3) is 0. The fourth-order valence-electron chi connectivity index (χ4n) is 1.30. The van der Waals surface area contributed by atoms with Crippen molar-refractivity contribution in [2.75, 3.05) is 4.72 Å². The minimum Gasteiger partial charge on any atom is -0.279 e. The van der Waals surface area contributed by atoms with Gasteiger partial charge in [0.25, 0.3) is 10.0 Å². The van der Waals surface area contributed by atoms with Crippen LogP contribution in [-0.2, 0) is 10.0 Å². The Labute approximate surface area is 107 Å². The molecule has 0 atom stereocenters. The summed E-state index contributed by atoms with van der Waals surface area (Å²) in [6, 6.07) is 8.19. The number of sulfonamides is 1. The van der Waals surface area contributed by atoms with E-state index in [0.717, 1.165) is 23.5 Å². The van der Waals surface area contributed by atoms with Gasteiger partial charge in [0.05, 0.1) is 11.3 Å². The average molecular weight is 282 g/mol. The first-order valence-electron chi connectivity index (χ1n) is 4.79. The fourth-order valence-corrected chi connectivity index (χ4v) is 3.34. The molecule has 0 aliphatic rings. The third kappa shape index (κ3) is 2.50. The van der Waals surface area contributed by atoms with Crippen LogP contribution in [0.5, 0.6) is 0 Å². The molecule has 2 rings (SSSR count). The standard InChI is InChI=1S/C11H7FN2O2S2/c12-10-4-3-9(6-8(10)7-13)14-18(15,16)11-2-1-5-17-11/h1-6,14H. The van der Waals surface area contributed by atoms with E-state index < -0.39 is 15.8 Å². The minimum atomic E-state index is -3.67. The van der Waals surface area contributed by atoms with Crippen LogP contribution in [0.3, 0.4) is 0 Å². The van der Waals surface area contributed by atoms with Crippen LogP contribution in [0.4, 0.5) is 10.1 Å². The molecule has 1 N–H and O–H groups in total. The highest BCUT2D eigenvalue weighted by Crippen LogP contribution is 2.21. The molecule has 0 bridgehead atoms. The van der Waals surface area contributed by atoms with Crippen molar-refractivity contribution in [3.8, 4) is 6.07 Å². The molecule has 18 heavy (non-hydrogen) atoms. The molecule has 4 nitrogen and oxygen atoms in total. The monoisotopic (exact) mass is 282 g/mol. The van der Waals surface area contributed by atoms with Crippen molar-refractivity contribution < 1.29 is 12.8 Å². The number of nitrogens with one attached hydrogen (secondary N) is 1. The van der Waals surface area contributed by atoms with Gasteiger partial charge in [0.2, 0.25) is 0 Å². The van der Waals surface area contributed by atoms with Gasteiger partial charge in [-0.1, -0.05) is 6.07 Å². The predicted molar refractivity (Wildman–Crippen MR) is 66.2 cm³/mol. The molecule has 0 spiro atoms. The van der Waals surface area contributed by atoms with E-state index in [4.69, 9.17) is 5.26 Å². The molecule has 7 heteroatoms. The summed E-state index contributed by atoms with van der Waals surface area (Å²) in [5.74, 6) is -0.684. The van der Waals surface area contributed by atoms with Gasteiger partial charge in [0.1, 0.15) is 16.1 Å². The van der Waals surface area contributed by atoms with E-state index in [1.54, 1.807) is 17.5 Å². The zero-order chi connectivity index (χ0) is 13.2. The highest BCUT2D eigenvalue weighted by atomic mass is 32.2. The largest absolute Gasteiger partial charge is 0.279 e. The van der Waals surface area contributed by atoms with Crippen molar-refractivity contribution in [3.05, 3.63) is 47.1 Å². The first kappa shape index (κ1) is 12.5. The summed E-state index contributed by atoms with van der Waals surface area (Å²) in [4.78, 5) is 0. The SMILES string of the molecule is N#Cc1cc(NS(=O)(=O)c2cccs2)ccc1F. The Balaban J connectivity index is 2.34. The Morgan fingerprint density at radius 2 is 2.11 bits per heavy atom. The van der Waals surface area contributed by atoms with Crippen LogP contribution in [0.25, 0.3) is 0 Å². The third-order valence-corrected chi connectivity index (χ3v) is 4.88. The molecule has 0 unspecified atom stereocenters. The van der Waals surface area contributed by atoms with Gasteiger partial charge >= 0.3 is 0 Å². The van der Waals surface area contributed by atoms with Crippen molar-refractivity contribution in [3.63, 3.8) is 0 Å². The van der Waals surface area contributed by atoms with Crippen molar-refractivity contribution in [2.24, 2.45) is 0 Å². The number of benzene rings is 1. The molecular weight excluding hydrogens is 275 g/mol. The third-order valence-electron chi connectivity index (χ3n) is 2.10. The first-order valence-corrected chi connectivity index (χ1v) is 7.15. The van der Waals surface area contributed by atoms with E-state index in [1.807, 2.05) is 0 Å². The molecule has 1 heterocycles. The van der Waals surface area contributed by atoms with Crippen LogP contribution in [0, 0.1) is 17.1 Å². The van der Waals surface area contributed by atoms with Crippen LogP contribution in [-0.4, -0.2) is 8.42 Å². The number of hydrogen-bond donors (Lipinski definition) is 1. The number of halogens is 1. The topological polar surface area (TPSA) is 70.0 Å². The number of hydrogen-bond acceptors (Lipinski definition) is 4. The van der Waals surface area contributed by atoms with Gasteiger partial charge in [0.15, 0.2) is 0 Å². The molecule has 0 fully saturated rings. The van der Waals surface area contributed by atoms with Gasteiger partial charge in [0, 0.05) is 0 Å². The van der Waals surface area contributed by atoms with E-state index in [0.29, 0.717) is 0 Å². The molecule has 0 saturated heterocycles. The second kappa shape index (κ2) is 4.76. The number of rotatable bonds is 3. The quantitative estimate of drug-likeness (QED) is 0.940. The summed E-state index contributed by atoms with van der Waals surface area (Å²) in [7, 11) is -3.67. The number of anilines is 1. The van der Waals surface area contributed by atoms with Crippen LogP contribution in [0.2, 0.25) is 0 Å².